The Morgan fingerprint density at radius 2 is 1.96 bits per heavy atom. The fraction of sp³-hybridized carbons (Fsp3) is 0.278. The third-order valence-corrected chi connectivity index (χ3v) is 5.16. The van der Waals surface area contributed by atoms with Crippen molar-refractivity contribution < 1.29 is 18.0 Å². The average Bonchev–Trinajstić information content (AvgIpc) is 2.94. The third-order valence-electron chi connectivity index (χ3n) is 4.72. The number of alkyl halides is 3. The van der Waals surface area contributed by atoms with Crippen LogP contribution in [-0.2, 0) is 19.3 Å². The fourth-order valence-electron chi connectivity index (χ4n) is 3.21. The summed E-state index contributed by atoms with van der Waals surface area (Å²) in [6.45, 7) is 2.25. The zero-order chi connectivity index (χ0) is 19.3. The molecule has 0 bridgehead atoms. The lowest BCUT2D eigenvalue weighted by molar-refractivity contribution is -0.137. The molecule has 1 atom stereocenters. The number of halogens is 4. The first-order valence-electron chi connectivity index (χ1n) is 8.25. The van der Waals surface area contributed by atoms with E-state index in [-0.39, 0.29) is 34.9 Å². The number of rotatable bonds is 3. The van der Waals surface area contributed by atoms with Crippen molar-refractivity contribution in [1.82, 2.24) is 19.7 Å². The van der Waals surface area contributed by atoms with Crippen LogP contribution in [0, 0.1) is 0 Å². The molecule has 27 heavy (non-hydrogen) atoms. The molecule has 0 N–H and O–H groups in total. The van der Waals surface area contributed by atoms with Gasteiger partial charge in [-0.05, 0) is 18.6 Å². The number of carbonyl (C=O) groups excluding carboxylic acids is 1. The molecule has 0 saturated carbocycles. The van der Waals surface area contributed by atoms with E-state index >= 15 is 0 Å². The SMILES string of the molecule is C[C@H]1Cn2c(nnc2C2=CC=C2)C(=O)N1Cc1cccc(C(F)(F)F)c1Cl. The molecule has 0 radical (unpaired) electrons. The van der Waals surface area contributed by atoms with Crippen LogP contribution in [0.25, 0.3) is 5.57 Å². The Bertz CT molecular complexity index is 993. The predicted octanol–water partition coefficient (Wildman–Crippen LogP) is 3.95. The highest BCUT2D eigenvalue weighted by Gasteiger charge is 2.37. The molecule has 0 spiro atoms. The summed E-state index contributed by atoms with van der Waals surface area (Å²) < 4.78 is 41.0. The van der Waals surface area contributed by atoms with Crippen molar-refractivity contribution in [2.24, 2.45) is 0 Å². The van der Waals surface area contributed by atoms with Crippen LogP contribution in [0.1, 0.15) is 34.5 Å². The van der Waals surface area contributed by atoms with Crippen molar-refractivity contribution in [3.8, 4) is 0 Å². The van der Waals surface area contributed by atoms with E-state index in [1.807, 2.05) is 25.2 Å². The zero-order valence-electron chi connectivity index (χ0n) is 14.2. The lowest BCUT2D eigenvalue weighted by atomic mass is 10.1. The van der Waals surface area contributed by atoms with E-state index in [2.05, 4.69) is 10.2 Å². The van der Waals surface area contributed by atoms with Gasteiger partial charge in [0.15, 0.2) is 5.82 Å². The molecule has 5 nitrogen and oxygen atoms in total. The fourth-order valence-corrected chi connectivity index (χ4v) is 3.51. The Balaban J connectivity index is 1.65. The highest BCUT2D eigenvalue weighted by molar-refractivity contribution is 6.32. The zero-order valence-corrected chi connectivity index (χ0v) is 14.9. The van der Waals surface area contributed by atoms with Crippen LogP contribution < -0.4 is 0 Å². The number of aromatic nitrogens is 3. The second-order valence-corrected chi connectivity index (χ2v) is 6.88. The minimum atomic E-state index is -4.55. The standard InChI is InChI=1S/C18H14ClF3N4O/c1-10-8-26-15(11-4-2-5-11)23-24-16(26)17(27)25(10)9-12-6-3-7-13(14(12)19)18(20,21)22/h2-7,10H,8-9H2,1H3/t10-/m0/s1. The maximum atomic E-state index is 13.1. The average molecular weight is 395 g/mol. The first-order valence-corrected chi connectivity index (χ1v) is 8.62. The van der Waals surface area contributed by atoms with Crippen LogP contribution in [-0.4, -0.2) is 31.6 Å². The number of benzene rings is 1. The summed E-state index contributed by atoms with van der Waals surface area (Å²) in [5.41, 5.74) is 0.223. The summed E-state index contributed by atoms with van der Waals surface area (Å²) in [6, 6.07) is 3.46. The first-order chi connectivity index (χ1) is 12.8. The molecule has 1 aliphatic carbocycles. The second-order valence-electron chi connectivity index (χ2n) is 6.50. The molecule has 2 aliphatic rings. The van der Waals surface area contributed by atoms with Crippen LogP contribution in [0.4, 0.5) is 13.2 Å². The summed E-state index contributed by atoms with van der Waals surface area (Å²) in [5.74, 6) is 0.404. The smallest absolute Gasteiger partial charge is 0.327 e. The Morgan fingerprint density at radius 3 is 2.59 bits per heavy atom. The Hall–Kier alpha value is -2.61. The van der Waals surface area contributed by atoms with Crippen LogP contribution in [0.2, 0.25) is 5.02 Å². The quantitative estimate of drug-likeness (QED) is 0.792. The second kappa shape index (κ2) is 6.23. The predicted molar refractivity (Wildman–Crippen MR) is 92.9 cm³/mol. The Labute approximate surface area is 157 Å². The number of carbonyl (C=O) groups is 1. The van der Waals surface area contributed by atoms with Crippen LogP contribution in [0.5, 0.6) is 0 Å². The van der Waals surface area contributed by atoms with Crippen molar-refractivity contribution in [3.63, 3.8) is 0 Å². The van der Waals surface area contributed by atoms with Gasteiger partial charge in [0.05, 0.1) is 10.6 Å². The van der Waals surface area contributed by atoms with Gasteiger partial charge in [-0.3, -0.25) is 4.79 Å². The summed E-state index contributed by atoms with van der Waals surface area (Å²) in [4.78, 5) is 14.3. The molecule has 1 aliphatic heterocycles. The van der Waals surface area contributed by atoms with E-state index in [4.69, 9.17) is 11.6 Å². The van der Waals surface area contributed by atoms with Crippen LogP contribution in [0.15, 0.2) is 36.4 Å². The summed E-state index contributed by atoms with van der Waals surface area (Å²) in [6.07, 6.45) is 1.07. The monoisotopic (exact) mass is 394 g/mol. The van der Waals surface area contributed by atoms with Crippen molar-refractivity contribution >= 4 is 23.1 Å². The Morgan fingerprint density at radius 1 is 1.26 bits per heavy atom. The van der Waals surface area contributed by atoms with E-state index in [1.54, 1.807) is 4.57 Å². The number of amides is 1. The number of nitrogens with zero attached hydrogens (tertiary/aromatic N) is 4. The molecule has 140 valence electrons. The highest BCUT2D eigenvalue weighted by Crippen LogP contribution is 2.37. The van der Waals surface area contributed by atoms with E-state index in [0.29, 0.717) is 12.4 Å². The minimum Gasteiger partial charge on any atom is -0.327 e. The van der Waals surface area contributed by atoms with Crippen molar-refractivity contribution in [1.29, 1.82) is 0 Å². The van der Waals surface area contributed by atoms with Gasteiger partial charge < -0.3 is 9.47 Å². The maximum absolute atomic E-state index is 13.1. The van der Waals surface area contributed by atoms with Crippen molar-refractivity contribution in [2.45, 2.75) is 32.2 Å². The number of fused-ring (bicyclic) bond motifs is 1. The van der Waals surface area contributed by atoms with Gasteiger partial charge in [0.25, 0.3) is 5.91 Å². The summed E-state index contributed by atoms with van der Waals surface area (Å²) >= 11 is 5.97. The molecular formula is C18H14ClF3N4O. The van der Waals surface area contributed by atoms with Gasteiger partial charge in [0.2, 0.25) is 5.82 Å². The van der Waals surface area contributed by atoms with E-state index < -0.39 is 11.7 Å². The molecule has 1 aromatic carbocycles. The number of allylic oxidation sites excluding steroid dienone is 4. The minimum absolute atomic E-state index is 0.0342. The molecule has 2 aromatic rings. The van der Waals surface area contributed by atoms with Gasteiger partial charge in [-0.25, -0.2) is 0 Å². The molecule has 1 amide bonds. The molecule has 0 fully saturated rings. The lowest BCUT2D eigenvalue weighted by Crippen LogP contribution is -2.46. The summed E-state index contributed by atoms with van der Waals surface area (Å²) in [7, 11) is 0. The van der Waals surface area contributed by atoms with Gasteiger partial charge in [-0.2, -0.15) is 13.2 Å². The Kier molecular flexibility index (Phi) is 4.10. The first kappa shape index (κ1) is 17.8. The van der Waals surface area contributed by atoms with Gasteiger partial charge in [0.1, 0.15) is 0 Å². The molecular weight excluding hydrogens is 381 g/mol. The highest BCUT2D eigenvalue weighted by atomic mass is 35.5. The molecule has 0 unspecified atom stereocenters. The van der Waals surface area contributed by atoms with Gasteiger partial charge >= 0.3 is 6.18 Å². The third kappa shape index (κ3) is 2.93. The van der Waals surface area contributed by atoms with Crippen LogP contribution >= 0.6 is 11.6 Å². The summed E-state index contributed by atoms with van der Waals surface area (Å²) in [5, 5.41) is 7.67. The van der Waals surface area contributed by atoms with E-state index in [1.165, 1.54) is 17.0 Å². The molecule has 4 rings (SSSR count). The molecule has 9 heteroatoms. The van der Waals surface area contributed by atoms with Crippen LogP contribution in [0.3, 0.4) is 0 Å². The van der Waals surface area contributed by atoms with E-state index in [9.17, 15) is 18.0 Å². The van der Waals surface area contributed by atoms with Crippen molar-refractivity contribution in [3.05, 3.63) is 64.2 Å². The van der Waals surface area contributed by atoms with E-state index in [0.717, 1.165) is 11.6 Å². The molecule has 2 heterocycles. The van der Waals surface area contributed by atoms with Gasteiger partial charge in [-0.1, -0.05) is 42.0 Å². The number of hydrogen-bond donors (Lipinski definition) is 0. The van der Waals surface area contributed by atoms with Gasteiger partial charge in [0, 0.05) is 24.7 Å². The normalized spacial score (nSPS) is 19.0. The van der Waals surface area contributed by atoms with Gasteiger partial charge in [-0.15, -0.1) is 10.2 Å². The molecule has 0 saturated heterocycles. The largest absolute Gasteiger partial charge is 0.417 e. The topological polar surface area (TPSA) is 51.0 Å². The maximum Gasteiger partial charge on any atom is 0.417 e. The number of hydrogen-bond acceptors (Lipinski definition) is 3. The lowest BCUT2D eigenvalue weighted by Gasteiger charge is -2.34. The molecule has 1 aromatic heterocycles. The van der Waals surface area contributed by atoms with Crippen molar-refractivity contribution in [2.75, 3.05) is 0 Å².